The van der Waals surface area contributed by atoms with Crippen molar-refractivity contribution in [3.8, 4) is 0 Å². The molecule has 20 heavy (non-hydrogen) atoms. The molecule has 0 saturated carbocycles. The zero-order chi connectivity index (χ0) is 15.0. The number of carboxylic acids is 1. The number of hydrogen-bond acceptors (Lipinski definition) is 3. The second kappa shape index (κ2) is 5.26. The van der Waals surface area contributed by atoms with Crippen molar-refractivity contribution in [1.82, 2.24) is 14.7 Å². The highest BCUT2D eigenvalue weighted by molar-refractivity contribution is 5.97. The average molecular weight is 279 g/mol. The lowest BCUT2D eigenvalue weighted by molar-refractivity contribution is -0.143. The number of piperidine rings is 1. The number of amides is 1. The van der Waals surface area contributed by atoms with E-state index in [1.807, 2.05) is 20.8 Å². The molecule has 0 aliphatic carbocycles. The van der Waals surface area contributed by atoms with Gasteiger partial charge in [0.1, 0.15) is 0 Å². The molecular formula is C14H21N3O3. The molecule has 1 aliphatic rings. The number of carbonyl (C=O) groups excluding carboxylic acids is 1. The first kappa shape index (κ1) is 14.6. The van der Waals surface area contributed by atoms with Gasteiger partial charge in [-0.1, -0.05) is 0 Å². The molecule has 6 heteroatoms. The van der Waals surface area contributed by atoms with Crippen LogP contribution in [0.25, 0.3) is 0 Å². The first-order valence-electron chi connectivity index (χ1n) is 6.87. The predicted octanol–water partition coefficient (Wildman–Crippen LogP) is 1.36. The van der Waals surface area contributed by atoms with Gasteiger partial charge in [0.25, 0.3) is 5.91 Å². The van der Waals surface area contributed by atoms with E-state index in [2.05, 4.69) is 5.10 Å². The van der Waals surface area contributed by atoms with E-state index in [9.17, 15) is 9.59 Å². The predicted molar refractivity (Wildman–Crippen MR) is 73.5 cm³/mol. The molecule has 2 atom stereocenters. The van der Waals surface area contributed by atoms with Crippen molar-refractivity contribution in [2.45, 2.75) is 39.7 Å². The van der Waals surface area contributed by atoms with Crippen LogP contribution in [0.4, 0.5) is 0 Å². The van der Waals surface area contributed by atoms with Gasteiger partial charge in [-0.2, -0.15) is 5.10 Å². The van der Waals surface area contributed by atoms with Crippen molar-refractivity contribution in [3.63, 3.8) is 0 Å². The van der Waals surface area contributed by atoms with Crippen LogP contribution < -0.4 is 0 Å². The van der Waals surface area contributed by atoms with Crippen molar-refractivity contribution in [2.75, 3.05) is 6.54 Å². The number of likely N-dealkylation sites (tertiary alicyclic amines) is 1. The van der Waals surface area contributed by atoms with E-state index in [0.717, 1.165) is 12.1 Å². The van der Waals surface area contributed by atoms with E-state index < -0.39 is 11.9 Å². The molecule has 2 unspecified atom stereocenters. The van der Waals surface area contributed by atoms with Gasteiger partial charge in [-0.05, 0) is 33.6 Å². The summed E-state index contributed by atoms with van der Waals surface area (Å²) in [7, 11) is 1.80. The molecule has 1 aliphatic heterocycles. The minimum absolute atomic E-state index is 0.0668. The summed E-state index contributed by atoms with van der Waals surface area (Å²) >= 11 is 0. The monoisotopic (exact) mass is 279 g/mol. The van der Waals surface area contributed by atoms with E-state index in [1.54, 1.807) is 16.6 Å². The molecule has 1 aromatic rings. The Kier molecular flexibility index (Phi) is 3.83. The molecular weight excluding hydrogens is 258 g/mol. The highest BCUT2D eigenvalue weighted by Gasteiger charge is 2.34. The summed E-state index contributed by atoms with van der Waals surface area (Å²) in [6, 6.07) is 0.0668. The van der Waals surface area contributed by atoms with Crippen molar-refractivity contribution in [2.24, 2.45) is 13.0 Å². The molecule has 0 aromatic carbocycles. The lowest BCUT2D eigenvalue weighted by Crippen LogP contribution is -2.47. The molecule has 1 aromatic heterocycles. The molecule has 0 radical (unpaired) electrons. The van der Waals surface area contributed by atoms with Gasteiger partial charge in [0, 0.05) is 25.3 Å². The quantitative estimate of drug-likeness (QED) is 0.887. The van der Waals surface area contributed by atoms with E-state index in [-0.39, 0.29) is 18.5 Å². The van der Waals surface area contributed by atoms with Gasteiger partial charge < -0.3 is 10.0 Å². The third-order valence-electron chi connectivity index (χ3n) is 4.22. The van der Waals surface area contributed by atoms with Gasteiger partial charge in [-0.25, -0.2) is 0 Å². The largest absolute Gasteiger partial charge is 0.481 e. The van der Waals surface area contributed by atoms with E-state index in [1.165, 1.54) is 0 Å². The summed E-state index contributed by atoms with van der Waals surface area (Å²) in [5, 5.41) is 13.4. The summed E-state index contributed by atoms with van der Waals surface area (Å²) in [6.07, 6.45) is 1.35. The zero-order valence-electron chi connectivity index (χ0n) is 12.4. The average Bonchev–Trinajstić information content (AvgIpc) is 2.62. The van der Waals surface area contributed by atoms with Crippen LogP contribution in [0, 0.1) is 19.8 Å². The Morgan fingerprint density at radius 3 is 2.45 bits per heavy atom. The maximum atomic E-state index is 12.7. The highest BCUT2D eigenvalue weighted by Crippen LogP contribution is 2.25. The second-order valence-electron chi connectivity index (χ2n) is 5.59. The van der Waals surface area contributed by atoms with Gasteiger partial charge in [0.15, 0.2) is 0 Å². The minimum Gasteiger partial charge on any atom is -0.481 e. The smallest absolute Gasteiger partial charge is 0.308 e. The van der Waals surface area contributed by atoms with Crippen LogP contribution in [0.3, 0.4) is 0 Å². The molecule has 0 bridgehead atoms. The zero-order valence-corrected chi connectivity index (χ0v) is 12.4. The fourth-order valence-corrected chi connectivity index (χ4v) is 2.82. The summed E-state index contributed by atoms with van der Waals surface area (Å²) in [5.74, 6) is -1.40. The van der Waals surface area contributed by atoms with Crippen LogP contribution in [0.2, 0.25) is 0 Å². The van der Waals surface area contributed by atoms with Gasteiger partial charge in [0.05, 0.1) is 17.2 Å². The summed E-state index contributed by atoms with van der Waals surface area (Å²) in [5.41, 5.74) is 2.11. The molecule has 1 fully saturated rings. The van der Waals surface area contributed by atoms with E-state index >= 15 is 0 Å². The number of aliphatic carboxylic acids is 1. The maximum absolute atomic E-state index is 12.7. The lowest BCUT2D eigenvalue weighted by atomic mass is 9.92. The standard InChI is InChI=1S/C14H21N3O3/c1-8-5-6-11(14(19)20)7-17(8)13(18)12-9(2)15-16(4)10(12)3/h8,11H,5-7H2,1-4H3,(H,19,20). The van der Waals surface area contributed by atoms with Gasteiger partial charge in [0.2, 0.25) is 0 Å². The van der Waals surface area contributed by atoms with E-state index in [0.29, 0.717) is 17.7 Å². The Morgan fingerprint density at radius 2 is 1.95 bits per heavy atom. The Labute approximate surface area is 118 Å². The second-order valence-corrected chi connectivity index (χ2v) is 5.59. The topological polar surface area (TPSA) is 75.4 Å². The molecule has 2 rings (SSSR count). The summed E-state index contributed by atoms with van der Waals surface area (Å²) < 4.78 is 1.69. The number of aryl methyl sites for hydroxylation is 2. The van der Waals surface area contributed by atoms with Crippen molar-refractivity contribution in [3.05, 3.63) is 17.0 Å². The van der Waals surface area contributed by atoms with Crippen molar-refractivity contribution < 1.29 is 14.7 Å². The third-order valence-corrected chi connectivity index (χ3v) is 4.22. The van der Waals surface area contributed by atoms with Crippen LogP contribution in [0.15, 0.2) is 0 Å². The third kappa shape index (κ3) is 2.42. The number of carbonyl (C=O) groups is 2. The number of nitrogens with zero attached hydrogens (tertiary/aromatic N) is 3. The summed E-state index contributed by atoms with van der Waals surface area (Å²) in [4.78, 5) is 25.5. The fraction of sp³-hybridized carbons (Fsp3) is 0.643. The molecule has 110 valence electrons. The normalized spacial score (nSPS) is 22.9. The highest BCUT2D eigenvalue weighted by atomic mass is 16.4. The fourth-order valence-electron chi connectivity index (χ4n) is 2.82. The molecule has 6 nitrogen and oxygen atoms in total. The minimum atomic E-state index is -0.825. The van der Waals surface area contributed by atoms with Crippen molar-refractivity contribution >= 4 is 11.9 Å². The first-order chi connectivity index (χ1) is 9.32. The Hall–Kier alpha value is -1.85. The van der Waals surface area contributed by atoms with Crippen LogP contribution in [-0.2, 0) is 11.8 Å². The Morgan fingerprint density at radius 1 is 1.30 bits per heavy atom. The molecule has 1 amide bonds. The number of hydrogen-bond donors (Lipinski definition) is 1. The van der Waals surface area contributed by atoms with Crippen LogP contribution in [0.5, 0.6) is 0 Å². The van der Waals surface area contributed by atoms with Crippen LogP contribution in [-0.4, -0.2) is 44.3 Å². The van der Waals surface area contributed by atoms with Crippen molar-refractivity contribution in [1.29, 1.82) is 0 Å². The molecule has 1 saturated heterocycles. The first-order valence-corrected chi connectivity index (χ1v) is 6.87. The van der Waals surface area contributed by atoms with Gasteiger partial charge in [-0.15, -0.1) is 0 Å². The Bertz CT molecular complexity index is 550. The molecule has 0 spiro atoms. The van der Waals surface area contributed by atoms with Crippen LogP contribution >= 0.6 is 0 Å². The van der Waals surface area contributed by atoms with Gasteiger partial charge in [-0.3, -0.25) is 14.3 Å². The number of aromatic nitrogens is 2. The summed E-state index contributed by atoms with van der Waals surface area (Å²) in [6.45, 7) is 5.92. The maximum Gasteiger partial charge on any atom is 0.308 e. The number of rotatable bonds is 2. The number of carboxylic acid groups (broad SMARTS) is 1. The van der Waals surface area contributed by atoms with Gasteiger partial charge >= 0.3 is 5.97 Å². The van der Waals surface area contributed by atoms with E-state index in [4.69, 9.17) is 5.11 Å². The Balaban J connectivity index is 2.29. The molecule has 2 heterocycles. The van der Waals surface area contributed by atoms with Crippen LogP contribution in [0.1, 0.15) is 41.5 Å². The lowest BCUT2D eigenvalue weighted by Gasteiger charge is -2.36. The SMILES string of the molecule is Cc1nn(C)c(C)c1C(=O)N1CC(C(=O)O)CCC1C. The molecule has 1 N–H and O–H groups in total.